The Morgan fingerprint density at radius 2 is 1.75 bits per heavy atom. The van der Waals surface area contributed by atoms with Crippen molar-refractivity contribution in [2.24, 2.45) is 0 Å². The van der Waals surface area contributed by atoms with Crippen molar-refractivity contribution < 1.29 is 13.0 Å². The van der Waals surface area contributed by atoms with Gasteiger partial charge in [0.1, 0.15) is 5.82 Å². The van der Waals surface area contributed by atoms with Crippen LogP contribution in [-0.2, 0) is 28.9 Å². The summed E-state index contributed by atoms with van der Waals surface area (Å²) in [6.07, 6.45) is 3.52. The van der Waals surface area contributed by atoms with Crippen LogP contribution in [-0.4, -0.2) is 13.8 Å². The van der Waals surface area contributed by atoms with Crippen LogP contribution in [0.5, 0.6) is 0 Å². The summed E-state index contributed by atoms with van der Waals surface area (Å²) in [6, 6.07) is 13.5. The topological polar surface area (TPSA) is 34.9 Å². The van der Waals surface area contributed by atoms with Crippen LogP contribution in [0.2, 0.25) is 0 Å². The van der Waals surface area contributed by atoms with Crippen molar-refractivity contribution in [1.29, 1.82) is 0 Å². The number of benzene rings is 2. The van der Waals surface area contributed by atoms with E-state index in [-0.39, 0.29) is 11.5 Å². The first-order chi connectivity index (χ1) is 11.6. The van der Waals surface area contributed by atoms with Gasteiger partial charge in [-0.05, 0) is 23.3 Å². The highest BCUT2D eigenvalue weighted by molar-refractivity contribution is 7.83. The molecular weight excluding hydrogens is 330 g/mol. The summed E-state index contributed by atoms with van der Waals surface area (Å²) in [6.45, 7) is 0.651. The van der Waals surface area contributed by atoms with E-state index in [2.05, 4.69) is 4.98 Å². The van der Waals surface area contributed by atoms with Gasteiger partial charge in [-0.15, -0.1) is 0 Å². The van der Waals surface area contributed by atoms with Crippen molar-refractivity contribution in [1.82, 2.24) is 9.55 Å². The first-order valence-corrected chi connectivity index (χ1v) is 8.93. The summed E-state index contributed by atoms with van der Waals surface area (Å²) in [5.41, 5.74) is 1.64. The molecule has 3 rings (SSSR count). The average Bonchev–Trinajstić information content (AvgIpc) is 2.99. The SMILES string of the molecule is O=S(Cc1ccc(F)c(F)c1)Cc1nccn1Cc1ccccc1. The standard InChI is InChI=1S/C18H16F2N2OS/c19-16-7-6-15(10-17(16)20)12-24(23)13-18-21-8-9-22(18)11-14-4-2-1-3-5-14/h1-10H,11-13H2. The van der Waals surface area contributed by atoms with Crippen molar-refractivity contribution in [3.63, 3.8) is 0 Å². The summed E-state index contributed by atoms with van der Waals surface area (Å²) in [7, 11) is -1.26. The Labute approximate surface area is 141 Å². The van der Waals surface area contributed by atoms with E-state index in [4.69, 9.17) is 0 Å². The molecule has 1 heterocycles. The molecule has 0 saturated heterocycles. The van der Waals surface area contributed by atoms with Crippen molar-refractivity contribution in [3.8, 4) is 0 Å². The Hall–Kier alpha value is -2.34. The second-order valence-electron chi connectivity index (χ2n) is 5.43. The average molecular weight is 346 g/mol. The Morgan fingerprint density at radius 3 is 2.50 bits per heavy atom. The number of nitrogens with zero attached hydrogens (tertiary/aromatic N) is 2. The molecule has 3 aromatic rings. The fourth-order valence-corrected chi connectivity index (χ4v) is 3.60. The van der Waals surface area contributed by atoms with Gasteiger partial charge in [0.05, 0.1) is 5.75 Å². The maximum atomic E-state index is 13.2. The van der Waals surface area contributed by atoms with Crippen LogP contribution in [0.25, 0.3) is 0 Å². The molecule has 0 aliphatic rings. The predicted molar refractivity (Wildman–Crippen MR) is 89.7 cm³/mol. The summed E-state index contributed by atoms with van der Waals surface area (Å²) >= 11 is 0. The highest BCUT2D eigenvalue weighted by atomic mass is 32.2. The van der Waals surface area contributed by atoms with Gasteiger partial charge < -0.3 is 4.57 Å². The molecule has 24 heavy (non-hydrogen) atoms. The third-order valence-electron chi connectivity index (χ3n) is 3.60. The summed E-state index contributed by atoms with van der Waals surface area (Å²) in [5, 5.41) is 0. The molecule has 1 atom stereocenters. The smallest absolute Gasteiger partial charge is 0.159 e. The maximum absolute atomic E-state index is 13.2. The van der Waals surface area contributed by atoms with Gasteiger partial charge in [0.2, 0.25) is 0 Å². The molecule has 0 spiro atoms. The van der Waals surface area contributed by atoms with Crippen molar-refractivity contribution in [2.45, 2.75) is 18.1 Å². The lowest BCUT2D eigenvalue weighted by molar-refractivity contribution is 0.507. The molecule has 0 aliphatic carbocycles. The monoisotopic (exact) mass is 346 g/mol. The number of hydrogen-bond acceptors (Lipinski definition) is 2. The molecule has 2 aromatic carbocycles. The van der Waals surface area contributed by atoms with Crippen LogP contribution < -0.4 is 0 Å². The molecule has 3 nitrogen and oxygen atoms in total. The van der Waals surface area contributed by atoms with Gasteiger partial charge >= 0.3 is 0 Å². The summed E-state index contributed by atoms with van der Waals surface area (Å²) < 4.78 is 40.4. The second-order valence-corrected chi connectivity index (χ2v) is 6.89. The zero-order chi connectivity index (χ0) is 16.9. The van der Waals surface area contributed by atoms with Crippen molar-refractivity contribution in [3.05, 3.63) is 89.5 Å². The lowest BCUT2D eigenvalue weighted by atomic mass is 10.2. The zero-order valence-corrected chi connectivity index (χ0v) is 13.7. The van der Waals surface area contributed by atoms with E-state index in [1.165, 1.54) is 6.07 Å². The molecule has 0 fully saturated rings. The fraction of sp³-hybridized carbons (Fsp3) is 0.167. The molecule has 0 N–H and O–H groups in total. The molecule has 0 saturated carbocycles. The van der Waals surface area contributed by atoms with E-state index < -0.39 is 22.4 Å². The van der Waals surface area contributed by atoms with Gasteiger partial charge in [0.15, 0.2) is 11.6 Å². The number of halogens is 2. The number of rotatable bonds is 6. The van der Waals surface area contributed by atoms with Gasteiger partial charge in [0.25, 0.3) is 0 Å². The maximum Gasteiger partial charge on any atom is 0.159 e. The van der Waals surface area contributed by atoms with Crippen LogP contribution in [0.1, 0.15) is 17.0 Å². The van der Waals surface area contributed by atoms with Crippen molar-refractivity contribution in [2.75, 3.05) is 0 Å². The van der Waals surface area contributed by atoms with Crippen LogP contribution >= 0.6 is 0 Å². The number of hydrogen-bond donors (Lipinski definition) is 0. The summed E-state index contributed by atoms with van der Waals surface area (Å²) in [4.78, 5) is 4.26. The Balaban J connectivity index is 1.66. The number of aromatic nitrogens is 2. The minimum absolute atomic E-state index is 0.162. The van der Waals surface area contributed by atoms with Crippen LogP contribution in [0, 0.1) is 11.6 Å². The molecule has 6 heteroatoms. The van der Waals surface area contributed by atoms with E-state index in [9.17, 15) is 13.0 Å². The quantitative estimate of drug-likeness (QED) is 0.683. The highest BCUT2D eigenvalue weighted by Gasteiger charge is 2.11. The van der Waals surface area contributed by atoms with E-state index >= 15 is 0 Å². The lowest BCUT2D eigenvalue weighted by Gasteiger charge is -2.08. The zero-order valence-electron chi connectivity index (χ0n) is 12.9. The molecule has 124 valence electrons. The van der Waals surface area contributed by atoms with Gasteiger partial charge in [-0.3, -0.25) is 4.21 Å². The van der Waals surface area contributed by atoms with Crippen molar-refractivity contribution >= 4 is 10.8 Å². The first kappa shape index (κ1) is 16.5. The molecule has 1 aromatic heterocycles. The Kier molecular flexibility index (Phi) is 5.15. The van der Waals surface area contributed by atoms with Gasteiger partial charge in [0, 0.05) is 35.5 Å². The first-order valence-electron chi connectivity index (χ1n) is 7.44. The van der Waals surface area contributed by atoms with Crippen LogP contribution in [0.15, 0.2) is 60.9 Å². The van der Waals surface area contributed by atoms with Gasteiger partial charge in [-0.1, -0.05) is 36.4 Å². The third-order valence-corrected chi connectivity index (χ3v) is 4.83. The highest BCUT2D eigenvalue weighted by Crippen LogP contribution is 2.13. The normalized spacial score (nSPS) is 12.2. The lowest BCUT2D eigenvalue weighted by Crippen LogP contribution is -2.08. The molecule has 0 aliphatic heterocycles. The largest absolute Gasteiger partial charge is 0.330 e. The molecule has 0 bridgehead atoms. The third kappa shape index (κ3) is 4.14. The van der Waals surface area contributed by atoms with E-state index in [1.54, 1.807) is 6.20 Å². The second kappa shape index (κ2) is 7.49. The Morgan fingerprint density at radius 1 is 0.958 bits per heavy atom. The van der Waals surface area contributed by atoms with Gasteiger partial charge in [-0.2, -0.15) is 0 Å². The van der Waals surface area contributed by atoms with Crippen LogP contribution in [0.4, 0.5) is 8.78 Å². The molecule has 1 unspecified atom stereocenters. The van der Waals surface area contributed by atoms with Gasteiger partial charge in [-0.25, -0.2) is 13.8 Å². The summed E-state index contributed by atoms with van der Waals surface area (Å²) in [5.74, 6) is -0.688. The van der Waals surface area contributed by atoms with Crippen LogP contribution in [0.3, 0.4) is 0 Å². The number of imidazole rings is 1. The predicted octanol–water partition coefficient (Wildman–Crippen LogP) is 3.66. The minimum atomic E-state index is -1.26. The molecule has 0 amide bonds. The molecular formula is C18H16F2N2OS. The minimum Gasteiger partial charge on any atom is -0.330 e. The van der Waals surface area contributed by atoms with E-state index in [1.807, 2.05) is 41.1 Å². The van der Waals surface area contributed by atoms with E-state index in [0.29, 0.717) is 17.9 Å². The Bertz CT molecular complexity index is 849. The van der Waals surface area contributed by atoms with E-state index in [0.717, 1.165) is 17.7 Å². The molecule has 0 radical (unpaired) electrons. The fourth-order valence-electron chi connectivity index (χ4n) is 2.41.